The highest BCUT2D eigenvalue weighted by atomic mass is 16.1. The molecule has 1 N–H and O–H groups in total. The van der Waals surface area contributed by atoms with Gasteiger partial charge in [0, 0.05) is 12.1 Å². The van der Waals surface area contributed by atoms with Crippen LogP contribution in [0.5, 0.6) is 0 Å². The number of hydrogen-bond donors (Lipinski definition) is 1. The molecule has 0 aromatic heterocycles. The van der Waals surface area contributed by atoms with Gasteiger partial charge in [0.1, 0.15) is 0 Å². The molecule has 0 fully saturated rings. The van der Waals surface area contributed by atoms with Crippen molar-refractivity contribution in [2.24, 2.45) is 0 Å². The molecule has 2 rings (SSSR count). The van der Waals surface area contributed by atoms with Gasteiger partial charge in [0.15, 0.2) is 0 Å². The minimum absolute atomic E-state index is 0.120. The Labute approximate surface area is 53.2 Å². The molecule has 1 aliphatic heterocycles. The van der Waals surface area contributed by atoms with Gasteiger partial charge in [0.05, 0.1) is 0 Å². The smallest absolute Gasteiger partial charge is 0.248 e. The highest BCUT2D eigenvalue weighted by Gasteiger charge is 2.21. The topological polar surface area (TPSA) is 29.1 Å². The average molecular weight is 121 g/mol. The molecule has 0 spiro atoms. The first-order chi connectivity index (χ1) is 4.38. The monoisotopic (exact) mass is 121 g/mol. The summed E-state index contributed by atoms with van der Waals surface area (Å²) in [6.07, 6.45) is 4.89. The number of hydrogen-bond acceptors (Lipinski definition) is 1. The Bertz CT molecular complexity index is 225. The van der Waals surface area contributed by atoms with Crippen LogP contribution in [0.25, 0.3) is 0 Å². The largest absolute Gasteiger partial charge is 0.348 e. The first-order valence-electron chi connectivity index (χ1n) is 3.05. The van der Waals surface area contributed by atoms with Gasteiger partial charge in [-0.1, -0.05) is 12.2 Å². The van der Waals surface area contributed by atoms with E-state index in [1.54, 1.807) is 0 Å². The van der Waals surface area contributed by atoms with Crippen LogP contribution in [-0.2, 0) is 4.79 Å². The first-order valence-corrected chi connectivity index (χ1v) is 3.05. The molecule has 0 aromatic carbocycles. The first kappa shape index (κ1) is 4.79. The number of carbonyl (C=O) groups is 1. The van der Waals surface area contributed by atoms with E-state index in [1.807, 2.05) is 12.2 Å². The zero-order valence-electron chi connectivity index (χ0n) is 4.98. The third kappa shape index (κ3) is 0.529. The van der Waals surface area contributed by atoms with Crippen LogP contribution in [0.3, 0.4) is 0 Å². The van der Waals surface area contributed by atoms with Crippen LogP contribution in [0.15, 0.2) is 23.3 Å². The normalized spacial score (nSPS) is 22.9. The molecule has 2 nitrogen and oxygen atoms in total. The maximum absolute atomic E-state index is 10.8. The van der Waals surface area contributed by atoms with Crippen molar-refractivity contribution >= 4 is 5.91 Å². The van der Waals surface area contributed by atoms with Crippen molar-refractivity contribution in [2.45, 2.75) is 6.42 Å². The lowest BCUT2D eigenvalue weighted by Crippen LogP contribution is -2.17. The third-order valence-corrected chi connectivity index (χ3v) is 1.74. The fourth-order valence-electron chi connectivity index (χ4n) is 1.24. The van der Waals surface area contributed by atoms with Gasteiger partial charge >= 0.3 is 0 Å². The molecule has 0 bridgehead atoms. The minimum Gasteiger partial charge on any atom is -0.348 e. The number of nitrogens with one attached hydrogen (secondary N) is 1. The molecule has 1 amide bonds. The lowest BCUT2D eigenvalue weighted by atomic mass is 10.2. The number of amides is 1. The van der Waals surface area contributed by atoms with E-state index >= 15 is 0 Å². The van der Waals surface area contributed by atoms with Crippen LogP contribution in [0.1, 0.15) is 6.42 Å². The Morgan fingerprint density at radius 3 is 3.22 bits per heavy atom. The molecule has 0 unspecified atom stereocenters. The molecule has 0 atom stereocenters. The summed E-state index contributed by atoms with van der Waals surface area (Å²) in [5.41, 5.74) is 2.15. The Morgan fingerprint density at radius 1 is 1.56 bits per heavy atom. The van der Waals surface area contributed by atoms with Crippen LogP contribution in [0.2, 0.25) is 0 Å². The number of rotatable bonds is 0. The quantitative estimate of drug-likeness (QED) is 0.493. The zero-order valence-corrected chi connectivity index (χ0v) is 4.98. The second kappa shape index (κ2) is 1.47. The van der Waals surface area contributed by atoms with E-state index in [1.165, 1.54) is 5.57 Å². The molecule has 1 aliphatic carbocycles. The van der Waals surface area contributed by atoms with Crippen molar-refractivity contribution in [2.75, 3.05) is 6.54 Å². The summed E-state index contributed by atoms with van der Waals surface area (Å²) >= 11 is 0. The van der Waals surface area contributed by atoms with Crippen LogP contribution >= 0.6 is 0 Å². The second-order valence-electron chi connectivity index (χ2n) is 2.29. The summed E-state index contributed by atoms with van der Waals surface area (Å²) < 4.78 is 0. The highest BCUT2D eigenvalue weighted by Crippen LogP contribution is 2.21. The molecule has 0 saturated heterocycles. The zero-order chi connectivity index (χ0) is 6.27. The Balaban J connectivity index is 2.42. The van der Waals surface area contributed by atoms with Gasteiger partial charge in [0.25, 0.3) is 0 Å². The fraction of sp³-hybridized carbons (Fsp3) is 0.286. The highest BCUT2D eigenvalue weighted by molar-refractivity contribution is 5.98. The van der Waals surface area contributed by atoms with E-state index in [2.05, 4.69) is 5.32 Å². The standard InChI is InChI=1S/C7H7NO/c9-7-6-3-1-2-5(6)4-8-7/h1-2H,3-4H2,(H,8,9). The van der Waals surface area contributed by atoms with Crippen LogP contribution in [0.4, 0.5) is 0 Å². The van der Waals surface area contributed by atoms with E-state index in [-0.39, 0.29) is 5.91 Å². The van der Waals surface area contributed by atoms with E-state index in [4.69, 9.17) is 0 Å². The maximum atomic E-state index is 10.8. The van der Waals surface area contributed by atoms with Gasteiger partial charge in [-0.15, -0.1) is 0 Å². The Morgan fingerprint density at radius 2 is 2.44 bits per heavy atom. The van der Waals surface area contributed by atoms with Crippen molar-refractivity contribution in [1.82, 2.24) is 5.32 Å². The van der Waals surface area contributed by atoms with Crippen LogP contribution < -0.4 is 5.32 Å². The molecular weight excluding hydrogens is 114 g/mol. The summed E-state index contributed by atoms with van der Waals surface area (Å²) in [6, 6.07) is 0. The second-order valence-corrected chi connectivity index (χ2v) is 2.29. The average Bonchev–Trinajstić information content (AvgIpc) is 2.35. The Kier molecular flexibility index (Phi) is 0.781. The van der Waals surface area contributed by atoms with Gasteiger partial charge in [0.2, 0.25) is 5.91 Å². The van der Waals surface area contributed by atoms with E-state index < -0.39 is 0 Å². The van der Waals surface area contributed by atoms with Gasteiger partial charge in [-0.2, -0.15) is 0 Å². The van der Waals surface area contributed by atoms with Crippen molar-refractivity contribution in [3.63, 3.8) is 0 Å². The van der Waals surface area contributed by atoms with Gasteiger partial charge in [-0.05, 0) is 12.0 Å². The SMILES string of the molecule is O=C1NCC2=C1CC=C2. The van der Waals surface area contributed by atoms with Crippen molar-refractivity contribution < 1.29 is 4.79 Å². The van der Waals surface area contributed by atoms with Gasteiger partial charge in [-0.3, -0.25) is 4.79 Å². The lowest BCUT2D eigenvalue weighted by molar-refractivity contribution is -0.116. The molecular formula is C7H7NO. The molecule has 2 aliphatic rings. The predicted octanol–water partition coefficient (Wildman–Crippen LogP) is 0.373. The van der Waals surface area contributed by atoms with Crippen LogP contribution in [0, 0.1) is 0 Å². The summed E-state index contributed by atoms with van der Waals surface area (Å²) in [7, 11) is 0. The third-order valence-electron chi connectivity index (χ3n) is 1.74. The fourth-order valence-corrected chi connectivity index (χ4v) is 1.24. The van der Waals surface area contributed by atoms with Gasteiger partial charge < -0.3 is 5.32 Å². The van der Waals surface area contributed by atoms with Crippen molar-refractivity contribution in [3.8, 4) is 0 Å². The van der Waals surface area contributed by atoms with E-state index in [9.17, 15) is 4.79 Å². The summed E-state index contributed by atoms with van der Waals surface area (Å²) in [4.78, 5) is 10.8. The summed E-state index contributed by atoms with van der Waals surface area (Å²) in [6.45, 7) is 0.741. The summed E-state index contributed by atoms with van der Waals surface area (Å²) in [5, 5.41) is 2.76. The molecule has 46 valence electrons. The molecule has 0 saturated carbocycles. The number of carbonyl (C=O) groups excluding carboxylic acids is 1. The van der Waals surface area contributed by atoms with Gasteiger partial charge in [-0.25, -0.2) is 0 Å². The van der Waals surface area contributed by atoms with E-state index in [0.29, 0.717) is 0 Å². The lowest BCUT2D eigenvalue weighted by Gasteiger charge is -1.90. The summed E-state index contributed by atoms with van der Waals surface area (Å²) in [5.74, 6) is 0.120. The molecule has 9 heavy (non-hydrogen) atoms. The molecule has 0 aromatic rings. The van der Waals surface area contributed by atoms with Crippen molar-refractivity contribution in [3.05, 3.63) is 23.3 Å². The Hall–Kier alpha value is -1.05. The predicted molar refractivity (Wildman–Crippen MR) is 33.8 cm³/mol. The maximum Gasteiger partial charge on any atom is 0.248 e. The molecule has 1 heterocycles. The van der Waals surface area contributed by atoms with Crippen molar-refractivity contribution in [1.29, 1.82) is 0 Å². The number of allylic oxidation sites excluding steroid dienone is 1. The van der Waals surface area contributed by atoms with E-state index in [0.717, 1.165) is 18.5 Å². The molecule has 2 heteroatoms. The molecule has 0 radical (unpaired) electrons. The van der Waals surface area contributed by atoms with Crippen LogP contribution in [-0.4, -0.2) is 12.5 Å². The minimum atomic E-state index is 0.120.